The first-order valence-corrected chi connectivity index (χ1v) is 8.67. The van der Waals surface area contributed by atoms with Crippen LogP contribution in [0.25, 0.3) is 0 Å². The van der Waals surface area contributed by atoms with Crippen LogP contribution in [0.15, 0.2) is 27.6 Å². The van der Waals surface area contributed by atoms with Crippen LogP contribution in [-0.4, -0.2) is 21.0 Å². The van der Waals surface area contributed by atoms with Gasteiger partial charge in [-0.25, -0.2) is 13.1 Å². The molecule has 1 unspecified atom stereocenters. The minimum Gasteiger partial charge on any atom is -0.329 e. The highest BCUT2D eigenvalue weighted by atomic mass is 79.9. The lowest BCUT2D eigenvalue weighted by Gasteiger charge is -2.18. The molecule has 0 fully saturated rings. The molecule has 0 heterocycles. The van der Waals surface area contributed by atoms with Crippen LogP contribution >= 0.6 is 15.9 Å². The Morgan fingerprint density at radius 1 is 1.42 bits per heavy atom. The van der Waals surface area contributed by atoms with Crippen LogP contribution in [0.2, 0.25) is 0 Å². The van der Waals surface area contributed by atoms with Gasteiger partial charge in [0.1, 0.15) is 0 Å². The zero-order valence-corrected chi connectivity index (χ0v) is 13.7. The smallest absolute Gasteiger partial charge is 0.241 e. The van der Waals surface area contributed by atoms with Gasteiger partial charge in [-0.05, 0) is 31.0 Å². The van der Waals surface area contributed by atoms with E-state index in [1.807, 2.05) is 6.07 Å². The Hall–Kier alpha value is -0.430. The summed E-state index contributed by atoms with van der Waals surface area (Å²) in [7, 11) is -3.52. The number of hydrogen-bond donors (Lipinski definition) is 2. The molecule has 3 N–H and O–H groups in total. The highest BCUT2D eigenvalue weighted by Crippen LogP contribution is 2.23. The van der Waals surface area contributed by atoms with E-state index in [1.165, 1.54) is 0 Å². The number of unbranched alkanes of at least 4 members (excludes halogenated alkanes) is 1. The maximum atomic E-state index is 12.4. The van der Waals surface area contributed by atoms with Gasteiger partial charge in [-0.3, -0.25) is 0 Å². The van der Waals surface area contributed by atoms with Crippen molar-refractivity contribution in [1.29, 1.82) is 0 Å². The van der Waals surface area contributed by atoms with Crippen LogP contribution in [0.4, 0.5) is 0 Å². The maximum absolute atomic E-state index is 12.4. The molecule has 0 aliphatic carbocycles. The normalized spacial score (nSPS) is 13.5. The molecule has 0 spiro atoms. The SMILES string of the molecule is CCCCC(CN)NS(=O)(=O)c1cccc(Br)c1C. The molecule has 0 amide bonds. The molecule has 1 aromatic rings. The first kappa shape index (κ1) is 16.6. The van der Waals surface area contributed by atoms with Crippen LogP contribution in [0, 0.1) is 6.92 Å². The zero-order valence-electron chi connectivity index (χ0n) is 11.3. The Bertz CT molecular complexity index is 517. The summed E-state index contributed by atoms with van der Waals surface area (Å²) < 4.78 is 28.2. The molecule has 1 atom stereocenters. The van der Waals surface area contributed by atoms with Crippen LogP contribution in [0.3, 0.4) is 0 Å². The number of sulfonamides is 1. The minimum absolute atomic E-state index is 0.205. The van der Waals surface area contributed by atoms with Crippen molar-refractivity contribution < 1.29 is 8.42 Å². The maximum Gasteiger partial charge on any atom is 0.241 e. The average molecular weight is 349 g/mol. The molecule has 0 aliphatic heterocycles. The van der Waals surface area contributed by atoms with Crippen LogP contribution in [0.5, 0.6) is 0 Å². The van der Waals surface area contributed by atoms with Gasteiger partial charge in [-0.2, -0.15) is 0 Å². The van der Waals surface area contributed by atoms with Crippen molar-refractivity contribution in [2.75, 3.05) is 6.54 Å². The highest BCUT2D eigenvalue weighted by Gasteiger charge is 2.21. The van der Waals surface area contributed by atoms with Crippen LogP contribution in [-0.2, 0) is 10.0 Å². The van der Waals surface area contributed by atoms with Gasteiger partial charge in [0.05, 0.1) is 4.90 Å². The standard InChI is InChI=1S/C13H21BrN2O2S/c1-3-4-6-11(9-15)16-19(17,18)13-8-5-7-12(14)10(13)2/h5,7-8,11,16H,3-4,6,9,15H2,1-2H3. The summed E-state index contributed by atoms with van der Waals surface area (Å²) in [5.41, 5.74) is 6.34. The third kappa shape index (κ3) is 4.56. The first-order chi connectivity index (χ1) is 8.92. The van der Waals surface area contributed by atoms with E-state index in [1.54, 1.807) is 19.1 Å². The largest absolute Gasteiger partial charge is 0.329 e. The van der Waals surface area contributed by atoms with Crippen molar-refractivity contribution >= 4 is 26.0 Å². The molecule has 1 rings (SSSR count). The van der Waals surface area contributed by atoms with Crippen molar-refractivity contribution in [2.24, 2.45) is 5.73 Å². The third-order valence-electron chi connectivity index (χ3n) is 3.02. The number of nitrogens with two attached hydrogens (primary N) is 1. The minimum atomic E-state index is -3.52. The van der Waals surface area contributed by atoms with Gasteiger partial charge in [0.25, 0.3) is 0 Å². The third-order valence-corrected chi connectivity index (χ3v) is 5.54. The molecule has 0 radical (unpaired) electrons. The Balaban J connectivity index is 2.94. The molecular weight excluding hydrogens is 328 g/mol. The molecule has 4 nitrogen and oxygen atoms in total. The summed E-state index contributed by atoms with van der Waals surface area (Å²) in [5, 5.41) is 0. The predicted octanol–water partition coefficient (Wildman–Crippen LogP) is 2.55. The number of nitrogens with one attached hydrogen (secondary N) is 1. The fourth-order valence-electron chi connectivity index (χ4n) is 1.84. The first-order valence-electron chi connectivity index (χ1n) is 6.40. The second kappa shape index (κ2) is 7.38. The number of rotatable bonds is 7. The average Bonchev–Trinajstić information content (AvgIpc) is 2.37. The van der Waals surface area contributed by atoms with E-state index in [4.69, 9.17) is 5.73 Å². The fourth-order valence-corrected chi connectivity index (χ4v) is 3.89. The van der Waals surface area contributed by atoms with E-state index < -0.39 is 10.0 Å². The van der Waals surface area contributed by atoms with Gasteiger partial charge >= 0.3 is 0 Å². The Kier molecular flexibility index (Phi) is 6.46. The molecular formula is C13H21BrN2O2S. The molecule has 0 saturated heterocycles. The second-order valence-electron chi connectivity index (χ2n) is 4.56. The van der Waals surface area contributed by atoms with Crippen molar-refractivity contribution in [3.8, 4) is 0 Å². The lowest BCUT2D eigenvalue weighted by Crippen LogP contribution is -2.40. The Morgan fingerprint density at radius 3 is 2.68 bits per heavy atom. The van der Waals surface area contributed by atoms with Gasteiger partial charge in [0.2, 0.25) is 10.0 Å². The monoisotopic (exact) mass is 348 g/mol. The van der Waals surface area contributed by atoms with E-state index >= 15 is 0 Å². The second-order valence-corrected chi connectivity index (χ2v) is 7.10. The molecule has 108 valence electrons. The van der Waals surface area contributed by atoms with Crippen molar-refractivity contribution in [2.45, 2.75) is 44.0 Å². The van der Waals surface area contributed by atoms with Gasteiger partial charge < -0.3 is 5.73 Å². The Morgan fingerprint density at radius 2 is 2.11 bits per heavy atom. The summed E-state index contributed by atoms with van der Waals surface area (Å²) in [4.78, 5) is 0.303. The molecule has 0 bridgehead atoms. The number of halogens is 1. The van der Waals surface area contributed by atoms with E-state index in [0.29, 0.717) is 17.0 Å². The fraction of sp³-hybridized carbons (Fsp3) is 0.538. The molecule has 19 heavy (non-hydrogen) atoms. The lowest BCUT2D eigenvalue weighted by molar-refractivity contribution is 0.516. The highest BCUT2D eigenvalue weighted by molar-refractivity contribution is 9.10. The summed E-state index contributed by atoms with van der Waals surface area (Å²) in [5.74, 6) is 0. The van der Waals surface area contributed by atoms with Gasteiger partial charge in [0.15, 0.2) is 0 Å². The molecule has 1 aromatic carbocycles. The predicted molar refractivity (Wildman–Crippen MR) is 81.6 cm³/mol. The van der Waals surface area contributed by atoms with Crippen LogP contribution in [0.1, 0.15) is 31.7 Å². The summed E-state index contributed by atoms with van der Waals surface area (Å²) >= 11 is 3.35. The zero-order chi connectivity index (χ0) is 14.5. The van der Waals surface area contributed by atoms with E-state index in [2.05, 4.69) is 27.6 Å². The van der Waals surface area contributed by atoms with E-state index in [9.17, 15) is 8.42 Å². The van der Waals surface area contributed by atoms with Crippen LogP contribution < -0.4 is 10.5 Å². The van der Waals surface area contributed by atoms with E-state index in [-0.39, 0.29) is 6.04 Å². The van der Waals surface area contributed by atoms with Gasteiger partial charge in [0, 0.05) is 17.1 Å². The Labute approximate surface area is 124 Å². The number of benzene rings is 1. The molecule has 6 heteroatoms. The molecule has 0 aromatic heterocycles. The quantitative estimate of drug-likeness (QED) is 0.795. The van der Waals surface area contributed by atoms with Crippen molar-refractivity contribution in [3.63, 3.8) is 0 Å². The van der Waals surface area contributed by atoms with Gasteiger partial charge in [-0.1, -0.05) is 41.8 Å². The topological polar surface area (TPSA) is 72.2 Å². The van der Waals surface area contributed by atoms with Crippen molar-refractivity contribution in [3.05, 3.63) is 28.2 Å². The lowest BCUT2D eigenvalue weighted by atomic mass is 10.1. The molecule has 0 saturated carbocycles. The summed E-state index contributed by atoms with van der Waals surface area (Å²) in [6, 6.07) is 4.94. The summed E-state index contributed by atoms with van der Waals surface area (Å²) in [6.07, 6.45) is 2.75. The van der Waals surface area contributed by atoms with E-state index in [0.717, 1.165) is 23.7 Å². The van der Waals surface area contributed by atoms with Crippen molar-refractivity contribution in [1.82, 2.24) is 4.72 Å². The molecule has 0 aliphatic rings. The summed E-state index contributed by atoms with van der Waals surface area (Å²) in [6.45, 7) is 4.16. The van der Waals surface area contributed by atoms with Gasteiger partial charge in [-0.15, -0.1) is 0 Å². The number of hydrogen-bond acceptors (Lipinski definition) is 3.